The number of halogens is 3. The summed E-state index contributed by atoms with van der Waals surface area (Å²) in [5.41, 5.74) is 1.69. The second-order valence-corrected chi connectivity index (χ2v) is 8.66. The predicted octanol–water partition coefficient (Wildman–Crippen LogP) is 6.22. The number of aliphatic hydroxyl groups is 1. The Kier molecular flexibility index (Phi) is 7.79. The van der Waals surface area contributed by atoms with Crippen molar-refractivity contribution in [1.29, 1.82) is 0 Å². The van der Waals surface area contributed by atoms with Crippen LogP contribution in [0.1, 0.15) is 25.0 Å². The van der Waals surface area contributed by atoms with Gasteiger partial charge in [-0.15, -0.1) is 0 Å². The van der Waals surface area contributed by atoms with E-state index in [1.54, 1.807) is 12.1 Å². The van der Waals surface area contributed by atoms with Crippen molar-refractivity contribution in [3.63, 3.8) is 0 Å². The summed E-state index contributed by atoms with van der Waals surface area (Å²) in [5.74, 6) is -0.0113. The monoisotopic (exact) mass is 425 g/mol. The zero-order chi connectivity index (χ0) is 20.2. The third kappa shape index (κ3) is 5.97. The molecule has 1 N–H and O–H groups in total. The second-order valence-electron chi connectivity index (χ2n) is 7.38. The third-order valence-corrected chi connectivity index (χ3v) is 5.70. The van der Waals surface area contributed by atoms with E-state index in [2.05, 4.69) is 11.8 Å². The lowest BCUT2D eigenvalue weighted by Gasteiger charge is -2.37. The highest BCUT2D eigenvalue weighted by Crippen LogP contribution is 2.34. The molecular formula is C22H26Cl3NO. The van der Waals surface area contributed by atoms with E-state index in [-0.39, 0.29) is 5.92 Å². The van der Waals surface area contributed by atoms with Gasteiger partial charge in [0.05, 0.1) is 5.60 Å². The summed E-state index contributed by atoms with van der Waals surface area (Å²) in [6.45, 7) is 4.77. The molecule has 0 aliphatic rings. The molecule has 2 aromatic carbocycles. The fourth-order valence-corrected chi connectivity index (χ4v) is 3.89. The van der Waals surface area contributed by atoms with Crippen molar-refractivity contribution in [2.75, 3.05) is 20.6 Å². The Hall–Kier alpha value is -1.03. The molecule has 0 aromatic heterocycles. The third-order valence-electron chi connectivity index (χ3n) is 4.87. The minimum absolute atomic E-state index is 0.0113. The number of hydrogen-bond donors (Lipinski definition) is 1. The van der Waals surface area contributed by atoms with Gasteiger partial charge in [-0.25, -0.2) is 0 Å². The van der Waals surface area contributed by atoms with Gasteiger partial charge in [0.25, 0.3) is 0 Å². The Morgan fingerprint density at radius 3 is 2.22 bits per heavy atom. The zero-order valence-electron chi connectivity index (χ0n) is 16.1. The van der Waals surface area contributed by atoms with E-state index in [1.165, 1.54) is 0 Å². The van der Waals surface area contributed by atoms with Crippen molar-refractivity contribution in [2.24, 2.45) is 5.92 Å². The molecule has 5 heteroatoms. The van der Waals surface area contributed by atoms with E-state index in [0.717, 1.165) is 23.2 Å². The molecule has 2 aromatic rings. The van der Waals surface area contributed by atoms with Gasteiger partial charge in [0.2, 0.25) is 0 Å². The van der Waals surface area contributed by atoms with Crippen LogP contribution in [0.3, 0.4) is 0 Å². The van der Waals surface area contributed by atoms with E-state index in [1.807, 2.05) is 57.4 Å². The van der Waals surface area contributed by atoms with E-state index in [0.29, 0.717) is 21.5 Å². The highest BCUT2D eigenvalue weighted by Gasteiger charge is 2.36. The molecular weight excluding hydrogens is 401 g/mol. The van der Waals surface area contributed by atoms with E-state index >= 15 is 0 Å². The van der Waals surface area contributed by atoms with E-state index in [4.69, 9.17) is 34.8 Å². The van der Waals surface area contributed by atoms with E-state index < -0.39 is 5.60 Å². The smallest absolute Gasteiger partial charge is 0.0935 e. The number of hydrogen-bond acceptors (Lipinski definition) is 2. The van der Waals surface area contributed by atoms with E-state index in [9.17, 15) is 5.11 Å². The van der Waals surface area contributed by atoms with Crippen molar-refractivity contribution in [3.8, 4) is 0 Å². The molecule has 146 valence electrons. The number of benzene rings is 2. The zero-order valence-corrected chi connectivity index (χ0v) is 18.4. The lowest BCUT2D eigenvalue weighted by Crippen LogP contribution is -2.44. The SMILES string of the molecule is C/C(=C\c1ccc(Cl)cc1)C(O)(Cc1ccc(Cl)cc1Cl)C(C)CN(C)C. The highest BCUT2D eigenvalue weighted by atomic mass is 35.5. The Morgan fingerprint density at radius 2 is 1.67 bits per heavy atom. The first-order valence-corrected chi connectivity index (χ1v) is 10.0. The van der Waals surface area contributed by atoms with Crippen LogP contribution in [-0.4, -0.2) is 36.2 Å². The van der Waals surface area contributed by atoms with Crippen LogP contribution in [0.25, 0.3) is 6.08 Å². The van der Waals surface area contributed by atoms with Crippen molar-refractivity contribution in [1.82, 2.24) is 4.90 Å². The summed E-state index contributed by atoms with van der Waals surface area (Å²) in [6.07, 6.45) is 2.42. The molecule has 0 amide bonds. The van der Waals surface area contributed by atoms with Crippen LogP contribution in [0.5, 0.6) is 0 Å². The van der Waals surface area contributed by atoms with Crippen LogP contribution >= 0.6 is 34.8 Å². The molecule has 0 spiro atoms. The van der Waals surface area contributed by atoms with Crippen molar-refractivity contribution >= 4 is 40.9 Å². The summed E-state index contributed by atoms with van der Waals surface area (Å²) >= 11 is 18.4. The van der Waals surface area contributed by atoms with Crippen molar-refractivity contribution in [2.45, 2.75) is 25.9 Å². The average molecular weight is 427 g/mol. The molecule has 0 aliphatic carbocycles. The lowest BCUT2D eigenvalue weighted by molar-refractivity contribution is 0.0150. The maximum atomic E-state index is 11.7. The summed E-state index contributed by atoms with van der Waals surface area (Å²) in [6, 6.07) is 13.0. The summed E-state index contributed by atoms with van der Waals surface area (Å²) < 4.78 is 0. The second kappa shape index (κ2) is 9.45. The summed E-state index contributed by atoms with van der Waals surface area (Å²) in [5, 5.41) is 13.6. The van der Waals surface area contributed by atoms with Gasteiger partial charge < -0.3 is 10.0 Å². The number of rotatable bonds is 7. The Balaban J connectivity index is 2.43. The van der Waals surface area contributed by atoms with Crippen LogP contribution in [-0.2, 0) is 6.42 Å². The van der Waals surface area contributed by atoms with Crippen LogP contribution < -0.4 is 0 Å². The highest BCUT2D eigenvalue weighted by molar-refractivity contribution is 6.35. The number of nitrogens with zero attached hydrogens (tertiary/aromatic N) is 1. The van der Waals surface area contributed by atoms with Crippen LogP contribution in [0.4, 0.5) is 0 Å². The molecule has 2 atom stereocenters. The minimum Gasteiger partial charge on any atom is -0.385 e. The van der Waals surface area contributed by atoms with Crippen LogP contribution in [0.15, 0.2) is 48.0 Å². The van der Waals surface area contributed by atoms with Gasteiger partial charge in [-0.1, -0.05) is 66.0 Å². The van der Waals surface area contributed by atoms with Gasteiger partial charge in [-0.2, -0.15) is 0 Å². The molecule has 2 unspecified atom stereocenters. The molecule has 0 radical (unpaired) electrons. The maximum absolute atomic E-state index is 11.7. The molecule has 2 rings (SSSR count). The average Bonchev–Trinajstić information content (AvgIpc) is 2.58. The summed E-state index contributed by atoms with van der Waals surface area (Å²) in [7, 11) is 4.01. The molecule has 0 saturated heterocycles. The topological polar surface area (TPSA) is 23.5 Å². The summed E-state index contributed by atoms with van der Waals surface area (Å²) in [4.78, 5) is 2.08. The first-order chi connectivity index (χ1) is 12.6. The standard InChI is InChI=1S/C22H26Cl3NO/c1-15(11-17-5-8-19(23)9-6-17)22(27,16(2)14-26(3)4)13-18-7-10-20(24)12-21(18)25/h5-12,16,27H,13-14H2,1-4H3/b15-11+. The Bertz CT molecular complexity index is 802. The Morgan fingerprint density at radius 1 is 1.07 bits per heavy atom. The van der Waals surface area contributed by atoms with Crippen molar-refractivity contribution in [3.05, 3.63) is 74.2 Å². The molecule has 0 heterocycles. The van der Waals surface area contributed by atoms with Gasteiger partial charge in [-0.05, 0) is 62.0 Å². The minimum atomic E-state index is -1.05. The van der Waals surface area contributed by atoms with Crippen LogP contribution in [0, 0.1) is 5.92 Å². The quantitative estimate of drug-likeness (QED) is 0.568. The molecule has 2 nitrogen and oxygen atoms in total. The maximum Gasteiger partial charge on any atom is 0.0935 e. The van der Waals surface area contributed by atoms with Gasteiger partial charge >= 0.3 is 0 Å². The molecule has 0 fully saturated rings. The van der Waals surface area contributed by atoms with Crippen molar-refractivity contribution < 1.29 is 5.11 Å². The lowest BCUT2D eigenvalue weighted by atomic mass is 9.77. The fraction of sp³-hybridized carbons (Fsp3) is 0.364. The first-order valence-electron chi connectivity index (χ1n) is 8.87. The fourth-order valence-electron chi connectivity index (χ4n) is 3.29. The molecule has 0 saturated carbocycles. The molecule has 0 bridgehead atoms. The predicted molar refractivity (Wildman–Crippen MR) is 118 cm³/mol. The normalized spacial score (nSPS) is 15.7. The van der Waals surface area contributed by atoms with Gasteiger partial charge in [0.1, 0.15) is 0 Å². The Labute approximate surface area is 177 Å². The first kappa shape index (κ1) is 22.3. The van der Waals surface area contributed by atoms with Crippen LogP contribution in [0.2, 0.25) is 15.1 Å². The molecule has 27 heavy (non-hydrogen) atoms. The largest absolute Gasteiger partial charge is 0.385 e. The van der Waals surface area contributed by atoms with Gasteiger partial charge in [0, 0.05) is 34.0 Å². The van der Waals surface area contributed by atoms with Gasteiger partial charge in [0.15, 0.2) is 0 Å². The molecule has 0 aliphatic heterocycles. The van der Waals surface area contributed by atoms with Gasteiger partial charge in [-0.3, -0.25) is 0 Å².